The van der Waals surface area contributed by atoms with Crippen LogP contribution in [-0.4, -0.2) is 71.2 Å². The Morgan fingerprint density at radius 2 is 2.17 bits per heavy atom. The Kier molecular flexibility index (Phi) is 7.23. The molecule has 186 valence electrons. The molecule has 0 aromatic heterocycles. The number of hydrogen-bond donors (Lipinski definition) is 3. The van der Waals surface area contributed by atoms with Crippen LogP contribution in [0.25, 0.3) is 0 Å². The van der Waals surface area contributed by atoms with E-state index in [1.807, 2.05) is 0 Å². The number of allylic oxidation sites excluding steroid dienone is 2. The summed E-state index contributed by atoms with van der Waals surface area (Å²) in [6.07, 6.45) is 0.933. The molecule has 1 aromatic carbocycles. The highest BCUT2D eigenvalue weighted by atomic mass is 35.5. The number of halogens is 3. The topological polar surface area (TPSA) is 101 Å². The lowest BCUT2D eigenvalue weighted by Crippen LogP contribution is -2.29. The molecule has 1 amide bonds. The van der Waals surface area contributed by atoms with Gasteiger partial charge in [-0.3, -0.25) is 4.79 Å². The molecule has 2 saturated heterocycles. The molecule has 3 N–H and O–H groups in total. The van der Waals surface area contributed by atoms with Crippen LogP contribution in [0.4, 0.5) is 8.78 Å². The lowest BCUT2D eigenvalue weighted by atomic mass is 10.1. The first-order chi connectivity index (χ1) is 16.7. The molecule has 8 nitrogen and oxygen atoms in total. The number of likely N-dealkylation sites (tertiary alicyclic amines) is 2. The molecule has 3 aliphatic rings. The van der Waals surface area contributed by atoms with Crippen molar-refractivity contribution >= 4 is 28.9 Å². The average Bonchev–Trinajstić information content (AvgIpc) is 3.37. The summed E-state index contributed by atoms with van der Waals surface area (Å²) in [6, 6.07) is 3.59. The third kappa shape index (κ3) is 5.23. The van der Waals surface area contributed by atoms with E-state index in [0.29, 0.717) is 33.5 Å². The van der Waals surface area contributed by atoms with Crippen molar-refractivity contribution < 1.29 is 23.4 Å². The van der Waals surface area contributed by atoms with E-state index in [1.165, 1.54) is 17.2 Å². The number of β-amino-alcohol motifs (C(OH)–C–C–N with tert-alkyl or cyclic N) is 1. The SMILES string of the molecule is CC1=N/C(=C2\CN(C(=O)c3ccc(F)cc3O/C=C3\CC(O)CN3CCF)CC2=N)NC(C)=C1Cl. The predicted octanol–water partition coefficient (Wildman–Crippen LogP) is 3.30. The van der Waals surface area contributed by atoms with E-state index >= 15 is 0 Å². The number of aliphatic hydroxyl groups is 1. The van der Waals surface area contributed by atoms with Crippen molar-refractivity contribution in [1.82, 2.24) is 15.1 Å². The van der Waals surface area contributed by atoms with Crippen molar-refractivity contribution in [2.75, 3.05) is 32.9 Å². The van der Waals surface area contributed by atoms with Gasteiger partial charge in [-0.2, -0.15) is 0 Å². The molecular weight excluding hydrogens is 480 g/mol. The van der Waals surface area contributed by atoms with Gasteiger partial charge in [0.05, 0.1) is 46.9 Å². The van der Waals surface area contributed by atoms with Gasteiger partial charge in [0.1, 0.15) is 30.3 Å². The van der Waals surface area contributed by atoms with Crippen molar-refractivity contribution in [3.8, 4) is 5.75 Å². The van der Waals surface area contributed by atoms with Gasteiger partial charge in [0.25, 0.3) is 5.91 Å². The van der Waals surface area contributed by atoms with Gasteiger partial charge in [0, 0.05) is 36.8 Å². The number of nitrogens with one attached hydrogen (secondary N) is 2. The monoisotopic (exact) mass is 505 g/mol. The highest BCUT2D eigenvalue weighted by molar-refractivity contribution is 6.43. The maximum absolute atomic E-state index is 14.0. The Balaban J connectivity index is 1.57. The van der Waals surface area contributed by atoms with Crippen LogP contribution in [-0.2, 0) is 0 Å². The van der Waals surface area contributed by atoms with Crippen molar-refractivity contribution in [3.63, 3.8) is 0 Å². The molecule has 4 rings (SSSR count). The summed E-state index contributed by atoms with van der Waals surface area (Å²) < 4.78 is 32.5. The summed E-state index contributed by atoms with van der Waals surface area (Å²) in [5, 5.41) is 21.9. The number of ether oxygens (including phenoxy) is 1. The standard InChI is InChI=1S/C24H26ClF2N5O3/c1-13-22(25)14(2)30-23(29-13)19-10-32(11-20(19)28)24(34)18-4-3-15(27)7-21(18)35-12-16-8-17(33)9-31(16)6-5-26/h3-4,7,12,17,28-29,33H,5-6,8-11H2,1-2H3/b16-12+,23-19+,28-20?. The van der Waals surface area contributed by atoms with E-state index in [2.05, 4.69) is 10.3 Å². The fourth-order valence-electron chi connectivity index (χ4n) is 4.22. The zero-order chi connectivity index (χ0) is 25.3. The van der Waals surface area contributed by atoms with Gasteiger partial charge in [-0.05, 0) is 26.0 Å². The van der Waals surface area contributed by atoms with E-state index in [9.17, 15) is 18.7 Å². The van der Waals surface area contributed by atoms with Crippen LogP contribution < -0.4 is 10.1 Å². The Labute approximate surface area is 206 Å². The number of amides is 1. The van der Waals surface area contributed by atoms with Crippen molar-refractivity contribution in [2.24, 2.45) is 4.99 Å². The van der Waals surface area contributed by atoms with E-state index in [-0.39, 0.29) is 49.6 Å². The molecule has 0 saturated carbocycles. The number of aliphatic imine (C=N–C) groups is 1. The van der Waals surface area contributed by atoms with Gasteiger partial charge in [-0.15, -0.1) is 0 Å². The number of aliphatic hydroxyl groups excluding tert-OH is 1. The Morgan fingerprint density at radius 1 is 1.40 bits per heavy atom. The molecular formula is C24H26ClF2N5O3. The van der Waals surface area contributed by atoms with Crippen molar-refractivity contribution in [2.45, 2.75) is 26.4 Å². The van der Waals surface area contributed by atoms with Gasteiger partial charge in [0.2, 0.25) is 0 Å². The van der Waals surface area contributed by atoms with Crippen LogP contribution in [0.1, 0.15) is 30.6 Å². The minimum Gasteiger partial charge on any atom is -0.462 e. The first-order valence-electron chi connectivity index (χ1n) is 11.1. The molecule has 1 unspecified atom stereocenters. The molecule has 1 aromatic rings. The minimum atomic E-state index is -0.653. The van der Waals surface area contributed by atoms with Gasteiger partial charge in [-0.1, -0.05) is 11.6 Å². The Morgan fingerprint density at radius 3 is 2.89 bits per heavy atom. The molecule has 1 atom stereocenters. The molecule has 3 heterocycles. The molecule has 0 radical (unpaired) electrons. The number of rotatable bonds is 5. The maximum Gasteiger partial charge on any atom is 0.258 e. The predicted molar refractivity (Wildman–Crippen MR) is 129 cm³/mol. The second-order valence-electron chi connectivity index (χ2n) is 8.59. The van der Waals surface area contributed by atoms with Crippen LogP contribution in [0, 0.1) is 11.2 Å². The molecule has 3 aliphatic heterocycles. The molecule has 0 spiro atoms. The van der Waals surface area contributed by atoms with Crippen LogP contribution in [0.2, 0.25) is 0 Å². The average molecular weight is 506 g/mol. The summed E-state index contributed by atoms with van der Waals surface area (Å²) in [4.78, 5) is 20.9. The minimum absolute atomic E-state index is 0.00746. The maximum atomic E-state index is 14.0. The third-order valence-corrected chi connectivity index (χ3v) is 6.56. The zero-order valence-corrected chi connectivity index (χ0v) is 20.1. The largest absolute Gasteiger partial charge is 0.462 e. The summed E-state index contributed by atoms with van der Waals surface area (Å²) in [6.45, 7) is 3.55. The zero-order valence-electron chi connectivity index (χ0n) is 19.4. The first-order valence-corrected chi connectivity index (χ1v) is 11.5. The van der Waals surface area contributed by atoms with E-state index in [4.69, 9.17) is 21.7 Å². The van der Waals surface area contributed by atoms with Crippen LogP contribution in [0.15, 0.2) is 57.3 Å². The fraction of sp³-hybridized carbons (Fsp3) is 0.375. The van der Waals surface area contributed by atoms with Gasteiger partial charge in [-0.25, -0.2) is 13.8 Å². The quantitative estimate of drug-likeness (QED) is 0.533. The fourth-order valence-corrected chi connectivity index (χ4v) is 4.31. The van der Waals surface area contributed by atoms with E-state index < -0.39 is 24.5 Å². The van der Waals surface area contributed by atoms with Crippen molar-refractivity contribution in [1.29, 1.82) is 5.41 Å². The first kappa shape index (κ1) is 24.9. The number of hydrogen-bond acceptors (Lipinski definition) is 7. The van der Waals surface area contributed by atoms with Crippen LogP contribution in [0.3, 0.4) is 0 Å². The molecule has 2 fully saturated rings. The van der Waals surface area contributed by atoms with E-state index in [1.54, 1.807) is 18.7 Å². The van der Waals surface area contributed by atoms with Crippen LogP contribution >= 0.6 is 11.6 Å². The molecule has 0 bridgehead atoms. The Hall–Kier alpha value is -3.24. The highest BCUT2D eigenvalue weighted by Gasteiger charge is 2.32. The summed E-state index contributed by atoms with van der Waals surface area (Å²) >= 11 is 6.19. The van der Waals surface area contributed by atoms with Crippen molar-refractivity contribution in [3.05, 3.63) is 63.7 Å². The summed E-state index contributed by atoms with van der Waals surface area (Å²) in [7, 11) is 0. The highest BCUT2D eigenvalue weighted by Crippen LogP contribution is 2.28. The van der Waals surface area contributed by atoms with Gasteiger partial charge < -0.3 is 30.4 Å². The smallest absolute Gasteiger partial charge is 0.258 e. The second kappa shape index (κ2) is 10.2. The second-order valence-corrected chi connectivity index (χ2v) is 8.97. The van der Waals surface area contributed by atoms with Gasteiger partial charge in [0.15, 0.2) is 0 Å². The number of benzene rings is 1. The lowest BCUT2D eigenvalue weighted by molar-refractivity contribution is 0.0801. The van der Waals surface area contributed by atoms with Crippen LogP contribution in [0.5, 0.6) is 5.75 Å². The number of carbonyl (C=O) groups excluding carboxylic acids is 1. The number of nitrogens with zero attached hydrogens (tertiary/aromatic N) is 3. The number of alkyl halides is 1. The summed E-state index contributed by atoms with van der Waals surface area (Å²) in [5.41, 5.74) is 2.80. The van der Waals surface area contributed by atoms with E-state index in [0.717, 1.165) is 12.1 Å². The Bertz CT molecular complexity index is 1190. The molecule has 35 heavy (non-hydrogen) atoms. The third-order valence-electron chi connectivity index (χ3n) is 6.00. The molecule has 11 heteroatoms. The normalized spacial score (nSPS) is 23.8. The lowest BCUT2D eigenvalue weighted by Gasteiger charge is -2.20. The number of carbonyl (C=O) groups is 1. The molecule has 0 aliphatic carbocycles. The van der Waals surface area contributed by atoms with Gasteiger partial charge >= 0.3 is 0 Å². The summed E-state index contributed by atoms with van der Waals surface area (Å²) in [5.74, 6) is -0.563.